The van der Waals surface area contributed by atoms with Crippen molar-refractivity contribution < 1.29 is 57.2 Å². The van der Waals surface area contributed by atoms with Crippen molar-refractivity contribution in [2.75, 3.05) is 35.3 Å². The molecule has 16 rings (SSSR count). The van der Waals surface area contributed by atoms with Crippen LogP contribution in [0.2, 0.25) is 6.82 Å². The van der Waals surface area contributed by atoms with Crippen LogP contribution in [0.5, 0.6) is 11.5 Å². The average Bonchev–Trinajstić information content (AvgIpc) is 1.60. The van der Waals surface area contributed by atoms with Crippen LogP contribution in [-0.2, 0) is 27.9 Å². The Labute approximate surface area is 816 Å². The van der Waals surface area contributed by atoms with Gasteiger partial charge in [-0.2, -0.15) is 0 Å². The minimum Gasteiger partial charge on any atom is -0.507 e. The molecule has 11 nitrogen and oxygen atoms in total. The van der Waals surface area contributed by atoms with Gasteiger partial charge in [0.15, 0.2) is 0 Å². The first-order valence-corrected chi connectivity index (χ1v) is 52.0. The molecule has 6 heterocycles. The van der Waals surface area contributed by atoms with Gasteiger partial charge in [0.1, 0.15) is 45.0 Å². The number of fused-ring (bicyclic) bond motifs is 9. The molecule has 2 N–H and O–H groups in total. The molecule has 0 radical (unpaired) electrons. The standard InChI is InChI=1S/C12H24B2O4.3C12H8O.2C12H10O.C7H15BO2.2C2H5Br.10C2H6.3CH3Br.CH3F/c1-9(2)10(3,4)16-13(15-9)14-17-11(5,6)12(7,8)18-14;3*1-3-7-11-9(5-1)10-6-2-4-8-12(10)13-11;2*13-12-9-5-4-8-11(12)10-6-2-1-3-7-10;1-6(2)7(3,4)10-8(5)9-6;2*1-2-3;14*1-2/h1-8H3;3*1-8H;2*1-9,13H;1-5H3;2*2H2,1H3;10*1-2H3;4*1H3/i;;;;;;;;;;;;;;;;;;;;;;1D. The topological polar surface area (TPSA) is 135 Å². The lowest BCUT2D eigenvalue weighted by Gasteiger charge is -2.32. The molecule has 0 unspecified atom stereocenters. The van der Waals surface area contributed by atoms with Gasteiger partial charge in [-0.1, -0.05) is 438 Å². The molecule has 127 heavy (non-hydrogen) atoms. The van der Waals surface area contributed by atoms with Crippen molar-refractivity contribution in [2.24, 2.45) is 0 Å². The number of hydrogen-bond donors (Lipinski definition) is 2. The lowest BCUT2D eigenvalue weighted by atomic mass is 9.49. The highest BCUT2D eigenvalue weighted by molar-refractivity contribution is 9.09. The van der Waals surface area contributed by atoms with Crippen LogP contribution in [-0.4, -0.2) is 100 Å². The summed E-state index contributed by atoms with van der Waals surface area (Å²) in [5.74, 6) is 6.09. The van der Waals surface area contributed by atoms with Crippen LogP contribution in [0.1, 0.15) is 237 Å². The van der Waals surface area contributed by atoms with Crippen LogP contribution in [0.25, 0.3) is 88.1 Å². The Morgan fingerprint density at radius 3 is 0.567 bits per heavy atom. The first-order chi connectivity index (χ1) is 61.6. The lowest BCUT2D eigenvalue weighted by Crippen LogP contribution is -2.41. The average molecular weight is 2080 g/mol. The molecule has 0 spiro atoms. The number of alkyl halides is 6. The van der Waals surface area contributed by atoms with E-state index in [-0.39, 0.29) is 40.7 Å². The minimum atomic E-state index is -1.00. The Kier molecular flexibility index (Phi) is 81.9. The number of benzene rings is 10. The van der Waals surface area contributed by atoms with Gasteiger partial charge in [-0.05, 0) is 167 Å². The summed E-state index contributed by atoms with van der Waals surface area (Å²) in [6.07, 6.45) is 0. The van der Waals surface area contributed by atoms with Crippen LogP contribution in [0.15, 0.2) is 268 Å². The summed E-state index contributed by atoms with van der Waals surface area (Å²) >= 11 is 15.1. The molecule has 3 fully saturated rings. The predicted octanol–water partition coefficient (Wildman–Crippen LogP) is 37.5. The third-order valence-corrected chi connectivity index (χ3v) is 18.0. The van der Waals surface area contributed by atoms with Crippen molar-refractivity contribution in [3.05, 3.63) is 255 Å². The zero-order valence-electron chi connectivity index (χ0n) is 85.9. The molecular formula is C107H165B3Br5FO11. The minimum absolute atomic E-state index is 0.0648. The number of halogens is 6. The van der Waals surface area contributed by atoms with E-state index in [1.165, 1.54) is 32.3 Å². The van der Waals surface area contributed by atoms with Crippen molar-refractivity contribution in [1.82, 2.24) is 0 Å². The van der Waals surface area contributed by atoms with E-state index in [1.807, 2.05) is 438 Å². The van der Waals surface area contributed by atoms with Gasteiger partial charge in [0, 0.05) is 54.1 Å². The largest absolute Gasteiger partial charge is 0.507 e. The number of para-hydroxylation sites is 8. The molecular weight excluding hydrogens is 1910 g/mol. The number of phenolic OH excluding ortho intramolecular Hbond substituents is 2. The fraction of sp³-hybridized carbons (Fsp3) is 0.439. The van der Waals surface area contributed by atoms with Crippen molar-refractivity contribution in [3.63, 3.8) is 0 Å². The van der Waals surface area contributed by atoms with E-state index in [4.69, 9.17) is 42.5 Å². The number of phenols is 2. The number of rotatable bonds is 3. The summed E-state index contributed by atoms with van der Waals surface area (Å²) in [6, 6.07) is 83.0. The monoisotopic (exact) mass is 2070 g/mol. The molecule has 0 atom stereocenters. The highest BCUT2D eigenvalue weighted by atomic mass is 79.9. The third kappa shape index (κ3) is 45.5. The van der Waals surface area contributed by atoms with E-state index in [1.54, 1.807) is 12.1 Å². The Morgan fingerprint density at radius 2 is 0.409 bits per heavy atom. The van der Waals surface area contributed by atoms with Crippen LogP contribution in [0.4, 0.5) is 4.39 Å². The van der Waals surface area contributed by atoms with E-state index in [0.29, 0.717) is 11.5 Å². The fourth-order valence-electron chi connectivity index (χ4n) is 10.8. The second kappa shape index (κ2) is 79.3. The van der Waals surface area contributed by atoms with E-state index < -0.39 is 21.2 Å². The summed E-state index contributed by atoms with van der Waals surface area (Å²) in [5.41, 5.74) is 7.85. The van der Waals surface area contributed by atoms with Crippen molar-refractivity contribution >= 4 is 167 Å². The van der Waals surface area contributed by atoms with Gasteiger partial charge >= 0.3 is 21.1 Å². The van der Waals surface area contributed by atoms with Crippen molar-refractivity contribution in [1.29, 1.82) is 0 Å². The highest BCUT2D eigenvalue weighted by Gasteiger charge is 2.64. The maximum atomic E-state index is 9.96. The summed E-state index contributed by atoms with van der Waals surface area (Å²) in [7, 11) is -2.02. The normalized spacial score (nSPS) is 13.3. The number of furan rings is 3. The zero-order chi connectivity index (χ0) is 100. The molecule has 10 aromatic carbocycles. The maximum absolute atomic E-state index is 9.96. The summed E-state index contributed by atoms with van der Waals surface area (Å²) in [6.45, 7) is 70.4. The van der Waals surface area contributed by atoms with Gasteiger partial charge in [0.2, 0.25) is 0 Å². The van der Waals surface area contributed by atoms with Gasteiger partial charge in [-0.3, -0.25) is 4.39 Å². The smallest absolute Gasteiger partial charge is 0.488 e. The molecule has 3 aliphatic rings. The molecule has 13 aromatic rings. The fourth-order valence-corrected chi connectivity index (χ4v) is 10.8. The zero-order valence-corrected chi connectivity index (χ0v) is 92.9. The van der Waals surface area contributed by atoms with Gasteiger partial charge in [-0.15, -0.1) is 0 Å². The van der Waals surface area contributed by atoms with E-state index >= 15 is 0 Å². The summed E-state index contributed by atoms with van der Waals surface area (Å²) in [5, 5.41) is 28.4. The first-order valence-electron chi connectivity index (χ1n) is 45.7. The van der Waals surface area contributed by atoms with Crippen LogP contribution < -0.4 is 0 Å². The molecule has 3 aliphatic heterocycles. The lowest BCUT2D eigenvalue weighted by molar-refractivity contribution is 0.00578. The SMILES string of the molecule is CB1OC(C)(C)C(C)(C)O1.CBr.CBr.CBr.CC.CC.CC.CC.CC.CC.CC.CC.CC.CC.CC1(C)OB(B2OC(C)(C)C(C)(C)O2)OC1(C)C.CCBr.CCBr.Oc1ccccc1-c1ccccc1.Oc1ccccc1-c1ccccc1.[2H]CF.c1ccc2c(c1)oc1ccccc12.c1ccc2c(c1)oc1ccccc12.c1ccc2c(c1)oc1ccccc12. The molecule has 0 amide bonds. The molecule has 710 valence electrons. The van der Waals surface area contributed by atoms with E-state index in [0.717, 1.165) is 66.4 Å². The number of aromatic hydroxyl groups is 2. The Morgan fingerprint density at radius 1 is 0.268 bits per heavy atom. The number of hydrogen-bond acceptors (Lipinski definition) is 11. The van der Waals surface area contributed by atoms with Crippen molar-refractivity contribution in [3.8, 4) is 33.8 Å². The summed E-state index contributed by atoms with van der Waals surface area (Å²) < 4.78 is 67.4. The quantitative estimate of drug-likeness (QED) is 0.129. The second-order valence-electron chi connectivity index (χ2n) is 26.7. The van der Waals surface area contributed by atoms with Crippen LogP contribution in [0.3, 0.4) is 0 Å². The summed E-state index contributed by atoms with van der Waals surface area (Å²) in [4.78, 5) is 0. The van der Waals surface area contributed by atoms with E-state index in [2.05, 4.69) is 144 Å². The Balaban J connectivity index is -0.000000253. The molecule has 3 saturated heterocycles. The van der Waals surface area contributed by atoms with Gasteiger partial charge in [0.25, 0.3) is 0 Å². The predicted molar refractivity (Wildman–Crippen MR) is 586 cm³/mol. The third-order valence-electron chi connectivity index (χ3n) is 18.0. The molecule has 20 heteroatoms. The molecule has 3 aromatic heterocycles. The van der Waals surface area contributed by atoms with E-state index in [9.17, 15) is 14.6 Å². The van der Waals surface area contributed by atoms with Crippen LogP contribution in [0, 0.1) is 0 Å². The Bertz CT molecular complexity index is 4110. The Hall–Kier alpha value is -6.52. The maximum Gasteiger partial charge on any atom is 0.488 e. The van der Waals surface area contributed by atoms with Crippen molar-refractivity contribution in [2.45, 2.75) is 276 Å². The van der Waals surface area contributed by atoms with Crippen LogP contribution >= 0.6 is 79.6 Å². The van der Waals surface area contributed by atoms with Gasteiger partial charge < -0.3 is 51.4 Å². The molecule has 0 aliphatic carbocycles. The second-order valence-corrected chi connectivity index (χ2v) is 28.9. The van der Waals surface area contributed by atoms with Gasteiger partial charge in [-0.25, -0.2) is 0 Å². The van der Waals surface area contributed by atoms with Gasteiger partial charge in [0.05, 0.1) is 42.1 Å². The highest BCUT2D eigenvalue weighted by Crippen LogP contribution is 2.44. The molecule has 0 bridgehead atoms. The molecule has 0 saturated carbocycles. The first kappa shape index (κ1) is 131.